The molecule has 2 bridgehead atoms. The average Bonchev–Trinajstić information content (AvgIpc) is 2.73. The molecular formula is C13H14O4. The van der Waals surface area contributed by atoms with Crippen LogP contribution in [0.15, 0.2) is 12.2 Å². The zero-order valence-corrected chi connectivity index (χ0v) is 9.64. The van der Waals surface area contributed by atoms with Crippen LogP contribution in [0.25, 0.3) is 0 Å². The Morgan fingerprint density at radius 3 is 3.00 bits per heavy atom. The number of rotatable bonds is 2. The number of hydrogen-bond acceptors (Lipinski definition) is 4. The van der Waals surface area contributed by atoms with Gasteiger partial charge in [-0.05, 0) is 24.7 Å². The summed E-state index contributed by atoms with van der Waals surface area (Å²) in [5, 5.41) is 0. The molecule has 0 aromatic carbocycles. The average molecular weight is 234 g/mol. The van der Waals surface area contributed by atoms with Crippen LogP contribution in [0.2, 0.25) is 0 Å². The van der Waals surface area contributed by atoms with Gasteiger partial charge in [0.15, 0.2) is 0 Å². The third-order valence-electron chi connectivity index (χ3n) is 5.22. The van der Waals surface area contributed by atoms with Crippen molar-refractivity contribution in [2.75, 3.05) is 0 Å². The molecule has 6 unspecified atom stereocenters. The van der Waals surface area contributed by atoms with Gasteiger partial charge >= 0.3 is 11.9 Å². The molecule has 4 heteroatoms. The summed E-state index contributed by atoms with van der Waals surface area (Å²) in [6, 6.07) is 0. The standard InChI is InChI=1S/C13H14O4/c1-5(2)12(15)17-10-7-3-6-9-11(10)16-8(14)4-13(6,7)9/h6-7,9-11H,1,3-4H2,2H3. The van der Waals surface area contributed by atoms with Gasteiger partial charge in [-0.3, -0.25) is 4.79 Å². The smallest absolute Gasteiger partial charge is 0.333 e. The molecule has 1 heterocycles. The molecule has 3 aliphatic carbocycles. The van der Waals surface area contributed by atoms with Crippen molar-refractivity contribution >= 4 is 11.9 Å². The van der Waals surface area contributed by atoms with Crippen molar-refractivity contribution in [3.8, 4) is 0 Å². The lowest BCUT2D eigenvalue weighted by atomic mass is 9.69. The topological polar surface area (TPSA) is 52.6 Å². The van der Waals surface area contributed by atoms with Crippen LogP contribution in [-0.2, 0) is 19.1 Å². The number of esters is 2. The third kappa shape index (κ3) is 0.884. The Morgan fingerprint density at radius 1 is 1.53 bits per heavy atom. The highest BCUT2D eigenvalue weighted by Crippen LogP contribution is 2.85. The Bertz CT molecular complexity index is 468. The van der Waals surface area contributed by atoms with Crippen LogP contribution < -0.4 is 0 Å². The summed E-state index contributed by atoms with van der Waals surface area (Å²) >= 11 is 0. The van der Waals surface area contributed by atoms with Gasteiger partial charge in [-0.15, -0.1) is 0 Å². The monoisotopic (exact) mass is 234 g/mol. The molecule has 0 aromatic rings. The van der Waals surface area contributed by atoms with Crippen molar-refractivity contribution in [2.45, 2.75) is 32.0 Å². The highest BCUT2D eigenvalue weighted by molar-refractivity contribution is 5.87. The Hall–Kier alpha value is -1.32. The third-order valence-corrected chi connectivity index (χ3v) is 5.22. The van der Waals surface area contributed by atoms with Crippen LogP contribution in [0.1, 0.15) is 19.8 Å². The zero-order chi connectivity index (χ0) is 11.9. The van der Waals surface area contributed by atoms with E-state index in [0.29, 0.717) is 29.7 Å². The second-order valence-electron chi connectivity index (χ2n) is 5.87. The van der Waals surface area contributed by atoms with Crippen LogP contribution in [0.4, 0.5) is 0 Å². The van der Waals surface area contributed by atoms with Crippen LogP contribution in [0.5, 0.6) is 0 Å². The summed E-state index contributed by atoms with van der Waals surface area (Å²) in [4.78, 5) is 23.1. The van der Waals surface area contributed by atoms with E-state index in [1.807, 2.05) is 0 Å². The van der Waals surface area contributed by atoms with Crippen LogP contribution >= 0.6 is 0 Å². The fourth-order valence-corrected chi connectivity index (χ4v) is 4.54. The number of hydrogen-bond donors (Lipinski definition) is 0. The lowest BCUT2D eigenvalue weighted by Crippen LogP contribution is -2.43. The lowest BCUT2D eigenvalue weighted by molar-refractivity contribution is -0.169. The van der Waals surface area contributed by atoms with E-state index >= 15 is 0 Å². The summed E-state index contributed by atoms with van der Waals surface area (Å²) in [5.41, 5.74) is 0.555. The molecule has 1 aliphatic heterocycles. The van der Waals surface area contributed by atoms with Gasteiger partial charge in [-0.1, -0.05) is 6.58 Å². The number of ether oxygens (including phenoxy) is 2. The molecule has 90 valence electrons. The Morgan fingerprint density at radius 2 is 2.29 bits per heavy atom. The van der Waals surface area contributed by atoms with Crippen molar-refractivity contribution in [2.24, 2.45) is 23.2 Å². The molecule has 4 rings (SSSR count). The lowest BCUT2D eigenvalue weighted by Gasteiger charge is -2.37. The minimum atomic E-state index is -0.363. The predicted octanol–water partition coefficient (Wildman–Crippen LogP) is 1.06. The van der Waals surface area contributed by atoms with Crippen molar-refractivity contribution in [3.05, 3.63) is 12.2 Å². The van der Waals surface area contributed by atoms with Gasteiger partial charge in [0, 0.05) is 17.4 Å². The summed E-state index contributed by atoms with van der Waals surface area (Å²) < 4.78 is 10.8. The highest BCUT2D eigenvalue weighted by Gasteiger charge is 2.88. The summed E-state index contributed by atoms with van der Waals surface area (Å²) in [5.74, 6) is 0.985. The second-order valence-corrected chi connectivity index (χ2v) is 5.87. The molecule has 0 amide bonds. The van der Waals surface area contributed by atoms with Crippen LogP contribution in [0, 0.1) is 23.2 Å². The SMILES string of the molecule is C=C(C)C(=O)OC1C2OC(=O)CC34C1CC3C24. The Balaban J connectivity index is 1.61. The summed E-state index contributed by atoms with van der Waals surface area (Å²) in [7, 11) is 0. The van der Waals surface area contributed by atoms with Crippen molar-refractivity contribution in [3.63, 3.8) is 0 Å². The second kappa shape index (κ2) is 2.57. The molecule has 0 N–H and O–H groups in total. The molecule has 4 fully saturated rings. The van der Waals surface area contributed by atoms with Gasteiger partial charge in [-0.25, -0.2) is 4.79 Å². The molecule has 1 spiro atoms. The zero-order valence-electron chi connectivity index (χ0n) is 9.64. The molecule has 4 aliphatic rings. The van der Waals surface area contributed by atoms with Gasteiger partial charge in [-0.2, -0.15) is 0 Å². The van der Waals surface area contributed by atoms with Crippen molar-refractivity contribution in [1.82, 2.24) is 0 Å². The highest BCUT2D eigenvalue weighted by atomic mass is 16.6. The molecule has 17 heavy (non-hydrogen) atoms. The van der Waals surface area contributed by atoms with Gasteiger partial charge in [0.25, 0.3) is 0 Å². The molecule has 1 saturated heterocycles. The van der Waals surface area contributed by atoms with E-state index in [1.165, 1.54) is 0 Å². The van der Waals surface area contributed by atoms with E-state index in [-0.39, 0.29) is 29.6 Å². The maximum atomic E-state index is 11.6. The first-order valence-corrected chi connectivity index (χ1v) is 6.11. The molecule has 0 radical (unpaired) electrons. The van der Waals surface area contributed by atoms with Gasteiger partial charge in [0.05, 0.1) is 6.42 Å². The maximum Gasteiger partial charge on any atom is 0.333 e. The molecule has 4 nitrogen and oxygen atoms in total. The minimum Gasteiger partial charge on any atom is -0.458 e. The van der Waals surface area contributed by atoms with Crippen molar-refractivity contribution in [1.29, 1.82) is 0 Å². The Labute approximate surface area is 99.0 Å². The van der Waals surface area contributed by atoms with E-state index in [2.05, 4.69) is 6.58 Å². The summed E-state index contributed by atoms with van der Waals surface area (Å²) in [6.07, 6.45) is 1.22. The van der Waals surface area contributed by atoms with E-state index in [1.54, 1.807) is 6.92 Å². The van der Waals surface area contributed by atoms with Gasteiger partial charge < -0.3 is 9.47 Å². The van der Waals surface area contributed by atoms with E-state index in [0.717, 1.165) is 6.42 Å². The van der Waals surface area contributed by atoms with E-state index in [9.17, 15) is 9.59 Å². The normalized spacial score (nSPS) is 52.1. The van der Waals surface area contributed by atoms with Crippen LogP contribution in [0.3, 0.4) is 0 Å². The number of carbonyl (C=O) groups excluding carboxylic acids is 2. The Kier molecular flexibility index (Phi) is 1.47. The first-order valence-electron chi connectivity index (χ1n) is 6.11. The predicted molar refractivity (Wildman–Crippen MR) is 56.7 cm³/mol. The molecule has 6 atom stereocenters. The molecular weight excluding hydrogens is 220 g/mol. The van der Waals surface area contributed by atoms with Crippen LogP contribution in [-0.4, -0.2) is 24.1 Å². The fourth-order valence-electron chi connectivity index (χ4n) is 4.54. The minimum absolute atomic E-state index is 0.118. The quantitative estimate of drug-likeness (QED) is 0.529. The number of carbonyl (C=O) groups is 2. The van der Waals surface area contributed by atoms with Gasteiger partial charge in [0.2, 0.25) is 0 Å². The van der Waals surface area contributed by atoms with E-state index in [4.69, 9.17) is 9.47 Å². The first-order chi connectivity index (χ1) is 8.05. The molecule has 3 saturated carbocycles. The molecule has 0 aromatic heterocycles. The summed E-state index contributed by atoms with van der Waals surface area (Å²) in [6.45, 7) is 5.22. The fraction of sp³-hybridized carbons (Fsp3) is 0.692. The van der Waals surface area contributed by atoms with Gasteiger partial charge in [0.1, 0.15) is 12.2 Å². The first kappa shape index (κ1) is 9.68. The maximum absolute atomic E-state index is 11.6. The largest absolute Gasteiger partial charge is 0.458 e. The van der Waals surface area contributed by atoms with E-state index < -0.39 is 0 Å². The van der Waals surface area contributed by atoms with Crippen molar-refractivity contribution < 1.29 is 19.1 Å².